The zero-order valence-corrected chi connectivity index (χ0v) is 27.7. The van der Waals surface area contributed by atoms with Gasteiger partial charge in [-0.15, -0.1) is 0 Å². The third kappa shape index (κ3) is 4.31. The van der Waals surface area contributed by atoms with Gasteiger partial charge >= 0.3 is 0 Å². The number of benzene rings is 7. The summed E-state index contributed by atoms with van der Waals surface area (Å²) in [6.07, 6.45) is 1.75. The molecule has 0 aliphatic carbocycles. The first-order chi connectivity index (χ1) is 25.8. The van der Waals surface area contributed by atoms with E-state index in [1.54, 1.807) is 6.20 Å². The Hall–Kier alpha value is -7.18. The van der Waals surface area contributed by atoms with Gasteiger partial charge in [0, 0.05) is 49.8 Å². The van der Waals surface area contributed by atoms with Gasteiger partial charge in [-0.05, 0) is 58.6 Å². The molecule has 52 heavy (non-hydrogen) atoms. The molecule has 11 aromatic rings. The molecular weight excluding hydrogens is 639 g/mol. The molecule has 0 saturated carbocycles. The van der Waals surface area contributed by atoms with E-state index < -0.39 is 0 Å². The Kier molecular flexibility index (Phi) is 6.15. The fourth-order valence-electron chi connectivity index (χ4n) is 7.79. The summed E-state index contributed by atoms with van der Waals surface area (Å²) in [7, 11) is 0. The number of para-hydroxylation sites is 2. The lowest BCUT2D eigenvalue weighted by molar-refractivity contribution is 0.654. The van der Waals surface area contributed by atoms with Crippen LogP contribution < -0.4 is 0 Å². The molecule has 0 atom stereocenters. The molecule has 0 spiro atoms. The van der Waals surface area contributed by atoms with E-state index >= 15 is 0 Å². The normalized spacial score (nSPS) is 11.8. The van der Waals surface area contributed by atoms with E-state index in [-0.39, 0.29) is 0 Å². The molecule has 0 unspecified atom stereocenters. The summed E-state index contributed by atoms with van der Waals surface area (Å²) < 4.78 is 8.55. The van der Waals surface area contributed by atoms with E-state index in [4.69, 9.17) is 19.4 Å². The standard InChI is InChI=1S/C46H27N5O/c1-2-12-29-27-30(25-24-28(29)11-1)43-48-44(50-45(49-43)36-18-9-23-41-42(36)37-19-10-26-47-46(37)52-41)35-17-7-16-32-31(35)15-8-22-40(32)51-38-20-5-3-13-33(38)34-14-4-6-21-39(34)51/h1-27H. The minimum absolute atomic E-state index is 0.570. The van der Waals surface area contributed by atoms with Crippen molar-refractivity contribution in [1.82, 2.24) is 24.5 Å². The number of pyridine rings is 1. The average molecular weight is 666 g/mol. The number of nitrogens with zero attached hydrogens (tertiary/aromatic N) is 5. The van der Waals surface area contributed by atoms with Crippen LogP contribution in [0.4, 0.5) is 0 Å². The number of fused-ring (bicyclic) bond motifs is 8. The highest BCUT2D eigenvalue weighted by molar-refractivity contribution is 6.12. The number of aromatic nitrogens is 5. The van der Waals surface area contributed by atoms with Crippen LogP contribution in [0.2, 0.25) is 0 Å². The quantitative estimate of drug-likeness (QED) is 0.187. The van der Waals surface area contributed by atoms with Crippen molar-refractivity contribution < 1.29 is 4.42 Å². The van der Waals surface area contributed by atoms with Crippen molar-refractivity contribution in [3.63, 3.8) is 0 Å². The van der Waals surface area contributed by atoms with E-state index in [2.05, 4.69) is 143 Å². The van der Waals surface area contributed by atoms with Crippen molar-refractivity contribution in [3.05, 3.63) is 164 Å². The average Bonchev–Trinajstić information content (AvgIpc) is 3.76. The van der Waals surface area contributed by atoms with Crippen LogP contribution in [0.15, 0.2) is 168 Å². The molecule has 0 radical (unpaired) electrons. The fraction of sp³-hybridized carbons (Fsp3) is 0. The van der Waals surface area contributed by atoms with E-state index in [0.29, 0.717) is 23.2 Å². The Morgan fingerprint density at radius 2 is 1.08 bits per heavy atom. The molecule has 7 aromatic carbocycles. The molecule has 242 valence electrons. The van der Waals surface area contributed by atoms with Gasteiger partial charge < -0.3 is 8.98 Å². The van der Waals surface area contributed by atoms with Crippen LogP contribution in [-0.4, -0.2) is 24.5 Å². The Morgan fingerprint density at radius 3 is 1.92 bits per heavy atom. The summed E-state index contributed by atoms with van der Waals surface area (Å²) in [5.41, 5.74) is 7.46. The van der Waals surface area contributed by atoms with Crippen molar-refractivity contribution in [1.29, 1.82) is 0 Å². The molecule has 0 N–H and O–H groups in total. The maximum atomic E-state index is 6.18. The topological polar surface area (TPSA) is 69.6 Å². The maximum Gasteiger partial charge on any atom is 0.227 e. The van der Waals surface area contributed by atoms with E-state index in [0.717, 1.165) is 71.3 Å². The molecule has 0 aliphatic heterocycles. The van der Waals surface area contributed by atoms with Crippen LogP contribution in [0.1, 0.15) is 0 Å². The van der Waals surface area contributed by atoms with Crippen molar-refractivity contribution >= 4 is 65.4 Å². The van der Waals surface area contributed by atoms with Crippen LogP contribution in [0.25, 0.3) is 105 Å². The van der Waals surface area contributed by atoms with Crippen LogP contribution in [0.3, 0.4) is 0 Å². The lowest BCUT2D eigenvalue weighted by atomic mass is 10.0. The number of rotatable bonds is 4. The first-order valence-electron chi connectivity index (χ1n) is 17.3. The predicted molar refractivity (Wildman–Crippen MR) is 211 cm³/mol. The number of hydrogen-bond donors (Lipinski definition) is 0. The van der Waals surface area contributed by atoms with E-state index in [1.807, 2.05) is 24.3 Å². The SMILES string of the molecule is c1ccc2cc(-c3nc(-c4cccc5c(-n6c7ccccc7c7ccccc76)cccc45)nc(-c4cccc5oc6ncccc6c45)n3)ccc2c1. The number of hydrogen-bond acceptors (Lipinski definition) is 5. The molecule has 0 aliphatic rings. The summed E-state index contributed by atoms with van der Waals surface area (Å²) in [6, 6.07) is 54.8. The summed E-state index contributed by atoms with van der Waals surface area (Å²) in [5.74, 6) is 1.77. The first-order valence-corrected chi connectivity index (χ1v) is 17.3. The Balaban J connectivity index is 1.18. The highest BCUT2D eigenvalue weighted by Crippen LogP contribution is 2.39. The minimum Gasteiger partial charge on any atom is -0.438 e. The van der Waals surface area contributed by atoms with Gasteiger partial charge in [-0.3, -0.25) is 0 Å². The van der Waals surface area contributed by atoms with E-state index in [9.17, 15) is 0 Å². The molecule has 0 saturated heterocycles. The smallest absolute Gasteiger partial charge is 0.227 e. The molecule has 11 rings (SSSR count). The predicted octanol–water partition coefficient (Wildman–Crippen LogP) is 11.6. The third-order valence-electron chi connectivity index (χ3n) is 10.1. The van der Waals surface area contributed by atoms with Crippen molar-refractivity contribution in [3.8, 4) is 39.9 Å². The Labute approximate surface area is 297 Å². The molecule has 0 fully saturated rings. The zero-order chi connectivity index (χ0) is 34.2. The summed E-state index contributed by atoms with van der Waals surface area (Å²) in [4.78, 5) is 20.1. The third-order valence-corrected chi connectivity index (χ3v) is 10.1. The lowest BCUT2D eigenvalue weighted by Crippen LogP contribution is -2.01. The van der Waals surface area contributed by atoms with Crippen LogP contribution in [0.5, 0.6) is 0 Å². The molecule has 0 bridgehead atoms. The minimum atomic E-state index is 0.570. The van der Waals surface area contributed by atoms with Gasteiger partial charge in [0.25, 0.3) is 0 Å². The van der Waals surface area contributed by atoms with Crippen LogP contribution in [0, 0.1) is 0 Å². The van der Waals surface area contributed by atoms with Crippen LogP contribution in [-0.2, 0) is 0 Å². The largest absolute Gasteiger partial charge is 0.438 e. The molecule has 4 heterocycles. The Bertz CT molecular complexity index is 3160. The van der Waals surface area contributed by atoms with Gasteiger partial charge in [0.1, 0.15) is 5.58 Å². The second-order valence-electron chi connectivity index (χ2n) is 13.1. The van der Waals surface area contributed by atoms with Gasteiger partial charge in [-0.2, -0.15) is 0 Å². The highest BCUT2D eigenvalue weighted by Gasteiger charge is 2.20. The molecular formula is C46H27N5O. The van der Waals surface area contributed by atoms with Gasteiger partial charge in [0.2, 0.25) is 5.71 Å². The van der Waals surface area contributed by atoms with Crippen molar-refractivity contribution in [2.75, 3.05) is 0 Å². The lowest BCUT2D eigenvalue weighted by Gasteiger charge is -2.14. The van der Waals surface area contributed by atoms with Gasteiger partial charge in [0.15, 0.2) is 17.5 Å². The monoisotopic (exact) mass is 665 g/mol. The molecule has 0 amide bonds. The molecule has 6 heteroatoms. The number of furan rings is 1. The zero-order valence-electron chi connectivity index (χ0n) is 27.7. The van der Waals surface area contributed by atoms with Gasteiger partial charge in [-0.25, -0.2) is 19.9 Å². The van der Waals surface area contributed by atoms with Crippen molar-refractivity contribution in [2.45, 2.75) is 0 Å². The summed E-state index contributed by atoms with van der Waals surface area (Å²) in [5, 5.41) is 8.75. The fourth-order valence-corrected chi connectivity index (χ4v) is 7.79. The van der Waals surface area contributed by atoms with Gasteiger partial charge in [0.05, 0.1) is 16.7 Å². The first kappa shape index (κ1) is 28.6. The van der Waals surface area contributed by atoms with E-state index in [1.165, 1.54) is 10.8 Å². The maximum absolute atomic E-state index is 6.18. The van der Waals surface area contributed by atoms with Gasteiger partial charge in [-0.1, -0.05) is 115 Å². The second-order valence-corrected chi connectivity index (χ2v) is 13.1. The van der Waals surface area contributed by atoms with Crippen LogP contribution >= 0.6 is 0 Å². The second kappa shape index (κ2) is 11.2. The Morgan fingerprint density at radius 1 is 0.442 bits per heavy atom. The molecule has 4 aromatic heterocycles. The summed E-state index contributed by atoms with van der Waals surface area (Å²) in [6.45, 7) is 0. The highest BCUT2D eigenvalue weighted by atomic mass is 16.3. The summed E-state index contributed by atoms with van der Waals surface area (Å²) >= 11 is 0. The van der Waals surface area contributed by atoms with Crippen molar-refractivity contribution in [2.24, 2.45) is 0 Å². The molecule has 6 nitrogen and oxygen atoms in total.